The van der Waals surface area contributed by atoms with Gasteiger partial charge in [-0.25, -0.2) is 8.42 Å². The van der Waals surface area contributed by atoms with E-state index in [-0.39, 0.29) is 0 Å². The summed E-state index contributed by atoms with van der Waals surface area (Å²) in [4.78, 5) is 4.61. The van der Waals surface area contributed by atoms with Crippen molar-refractivity contribution in [1.29, 1.82) is 0 Å². The van der Waals surface area contributed by atoms with E-state index in [1.165, 1.54) is 22.6 Å². The summed E-state index contributed by atoms with van der Waals surface area (Å²) < 4.78 is 23.0. The van der Waals surface area contributed by atoms with Gasteiger partial charge in [-0.2, -0.15) is 0 Å². The predicted octanol–water partition coefficient (Wildman–Crippen LogP) is 3.19. The summed E-state index contributed by atoms with van der Waals surface area (Å²) in [6.07, 6.45) is 2.92. The van der Waals surface area contributed by atoms with Gasteiger partial charge in [0.2, 0.25) is 0 Å². The van der Waals surface area contributed by atoms with Crippen molar-refractivity contribution in [2.24, 2.45) is 4.99 Å². The summed E-state index contributed by atoms with van der Waals surface area (Å²) >= 11 is 0. The molecule has 5 nitrogen and oxygen atoms in total. The van der Waals surface area contributed by atoms with Crippen molar-refractivity contribution in [3.05, 3.63) is 77.9 Å². The molecule has 3 aromatic carbocycles. The fraction of sp³-hybridized carbons (Fsp3) is 0.261. The van der Waals surface area contributed by atoms with Gasteiger partial charge >= 0.3 is 0 Å². The molecule has 152 valence electrons. The molecule has 0 amide bonds. The normalized spacial score (nSPS) is 12.1. The van der Waals surface area contributed by atoms with Crippen molar-refractivity contribution >= 4 is 26.6 Å². The van der Waals surface area contributed by atoms with Crippen LogP contribution in [0.1, 0.15) is 11.1 Å². The van der Waals surface area contributed by atoms with E-state index in [0.717, 1.165) is 30.9 Å². The molecular formula is C23H27N3O2S. The van der Waals surface area contributed by atoms with Crippen molar-refractivity contribution in [3.8, 4) is 0 Å². The molecule has 0 atom stereocenters. The average molecular weight is 410 g/mol. The lowest BCUT2D eigenvalue weighted by Crippen LogP contribution is -2.39. The van der Waals surface area contributed by atoms with Gasteiger partial charge in [0.05, 0.1) is 4.90 Å². The number of nitrogens with one attached hydrogen (secondary N) is 2. The maximum Gasteiger partial charge on any atom is 0.190 e. The topological polar surface area (TPSA) is 70.6 Å². The van der Waals surface area contributed by atoms with Crippen LogP contribution in [0.3, 0.4) is 0 Å². The van der Waals surface area contributed by atoms with E-state index < -0.39 is 9.84 Å². The lowest BCUT2D eigenvalue weighted by Gasteiger charge is -2.12. The third-order valence-corrected chi connectivity index (χ3v) is 5.93. The van der Waals surface area contributed by atoms with Gasteiger partial charge in [-0.05, 0) is 46.9 Å². The molecule has 0 heterocycles. The van der Waals surface area contributed by atoms with Crippen molar-refractivity contribution in [2.45, 2.75) is 17.7 Å². The third-order valence-electron chi connectivity index (χ3n) is 4.80. The van der Waals surface area contributed by atoms with E-state index in [4.69, 9.17) is 0 Å². The molecule has 0 aromatic heterocycles. The van der Waals surface area contributed by atoms with Crippen LogP contribution in [0.2, 0.25) is 0 Å². The van der Waals surface area contributed by atoms with Crippen molar-refractivity contribution in [1.82, 2.24) is 10.6 Å². The van der Waals surface area contributed by atoms with E-state index in [2.05, 4.69) is 58.1 Å². The Morgan fingerprint density at radius 2 is 1.41 bits per heavy atom. The molecular weight excluding hydrogens is 382 g/mol. The Kier molecular flexibility index (Phi) is 6.88. The van der Waals surface area contributed by atoms with E-state index in [9.17, 15) is 8.42 Å². The smallest absolute Gasteiger partial charge is 0.190 e. The van der Waals surface area contributed by atoms with E-state index in [1.54, 1.807) is 19.2 Å². The van der Waals surface area contributed by atoms with Crippen LogP contribution in [0.25, 0.3) is 10.8 Å². The van der Waals surface area contributed by atoms with Crippen LogP contribution in [0, 0.1) is 0 Å². The highest BCUT2D eigenvalue weighted by molar-refractivity contribution is 7.90. The minimum absolute atomic E-state index is 0.348. The summed E-state index contributed by atoms with van der Waals surface area (Å²) in [6, 6.07) is 21.9. The molecule has 0 spiro atoms. The van der Waals surface area contributed by atoms with Crippen molar-refractivity contribution in [3.63, 3.8) is 0 Å². The lowest BCUT2D eigenvalue weighted by atomic mass is 10.1. The minimum Gasteiger partial charge on any atom is -0.356 e. The minimum atomic E-state index is -3.15. The Hall–Kier alpha value is -2.86. The Bertz CT molecular complexity index is 1090. The van der Waals surface area contributed by atoms with Crippen molar-refractivity contribution in [2.75, 3.05) is 26.4 Å². The Balaban J connectivity index is 1.44. The number of hydrogen-bond donors (Lipinski definition) is 2. The van der Waals surface area contributed by atoms with Gasteiger partial charge in [-0.15, -0.1) is 0 Å². The van der Waals surface area contributed by atoms with Crippen LogP contribution in [-0.2, 0) is 22.7 Å². The van der Waals surface area contributed by atoms with Crippen molar-refractivity contribution < 1.29 is 8.42 Å². The number of rotatable bonds is 7. The Labute approximate surface area is 172 Å². The van der Waals surface area contributed by atoms with E-state index in [1.807, 2.05) is 12.1 Å². The molecule has 0 aliphatic heterocycles. The zero-order valence-electron chi connectivity index (χ0n) is 16.9. The van der Waals surface area contributed by atoms with E-state index in [0.29, 0.717) is 11.4 Å². The summed E-state index contributed by atoms with van der Waals surface area (Å²) in [5, 5.41) is 9.15. The first-order chi connectivity index (χ1) is 14.0. The number of sulfone groups is 1. The second-order valence-corrected chi connectivity index (χ2v) is 9.04. The number of hydrogen-bond acceptors (Lipinski definition) is 3. The Morgan fingerprint density at radius 3 is 2.03 bits per heavy atom. The van der Waals surface area contributed by atoms with Crippen LogP contribution in [0.4, 0.5) is 0 Å². The molecule has 0 bridgehead atoms. The lowest BCUT2D eigenvalue weighted by molar-refractivity contribution is 0.602. The maximum absolute atomic E-state index is 11.5. The van der Waals surface area contributed by atoms with Crippen LogP contribution in [-0.4, -0.2) is 40.8 Å². The molecule has 0 radical (unpaired) electrons. The summed E-state index contributed by atoms with van der Waals surface area (Å²) in [5.41, 5.74) is 2.37. The molecule has 0 aliphatic rings. The third kappa shape index (κ3) is 6.06. The largest absolute Gasteiger partial charge is 0.356 e. The van der Waals surface area contributed by atoms with Crippen LogP contribution < -0.4 is 10.6 Å². The number of guanidine groups is 1. The quantitative estimate of drug-likeness (QED) is 0.464. The molecule has 0 fully saturated rings. The van der Waals surface area contributed by atoms with Gasteiger partial charge < -0.3 is 10.6 Å². The highest BCUT2D eigenvalue weighted by Crippen LogP contribution is 2.15. The second kappa shape index (κ2) is 9.56. The van der Waals surface area contributed by atoms with Crippen LogP contribution in [0.15, 0.2) is 76.6 Å². The standard InChI is InChI=1S/C23H27N3O2S/c1-24-23(25-15-13-18-8-11-22(12-9-18)29(2,27)28)26-16-14-19-7-10-20-5-3-4-6-21(20)17-19/h3-12,17H,13-16H2,1-2H3,(H2,24,25,26). The second-order valence-electron chi connectivity index (χ2n) is 7.02. The fourth-order valence-corrected chi connectivity index (χ4v) is 3.80. The summed E-state index contributed by atoms with van der Waals surface area (Å²) in [7, 11) is -1.39. The zero-order valence-corrected chi connectivity index (χ0v) is 17.7. The Morgan fingerprint density at radius 1 is 0.828 bits per heavy atom. The van der Waals surface area contributed by atoms with Crippen LogP contribution >= 0.6 is 0 Å². The number of nitrogens with zero attached hydrogens (tertiary/aromatic N) is 1. The van der Waals surface area contributed by atoms with Gasteiger partial charge in [0, 0.05) is 26.4 Å². The zero-order chi connectivity index (χ0) is 20.7. The molecule has 0 aliphatic carbocycles. The highest BCUT2D eigenvalue weighted by atomic mass is 32.2. The molecule has 0 unspecified atom stereocenters. The van der Waals surface area contributed by atoms with Gasteiger partial charge in [0.25, 0.3) is 0 Å². The summed E-state index contributed by atoms with van der Waals surface area (Å²) in [6.45, 7) is 1.51. The highest BCUT2D eigenvalue weighted by Gasteiger charge is 2.06. The van der Waals surface area contributed by atoms with Gasteiger partial charge in [-0.1, -0.05) is 54.6 Å². The van der Waals surface area contributed by atoms with Gasteiger partial charge in [0.1, 0.15) is 0 Å². The number of aliphatic imine (C=N–C) groups is 1. The first-order valence-corrected chi connectivity index (χ1v) is 11.6. The maximum atomic E-state index is 11.5. The molecule has 2 N–H and O–H groups in total. The number of benzene rings is 3. The van der Waals surface area contributed by atoms with E-state index >= 15 is 0 Å². The number of fused-ring (bicyclic) bond motifs is 1. The molecule has 3 rings (SSSR count). The fourth-order valence-electron chi connectivity index (χ4n) is 3.17. The first kappa shape index (κ1) is 20.9. The van der Waals surface area contributed by atoms with Crippen LogP contribution in [0.5, 0.6) is 0 Å². The summed E-state index contributed by atoms with van der Waals surface area (Å²) in [5.74, 6) is 0.763. The van der Waals surface area contributed by atoms with Gasteiger partial charge in [0.15, 0.2) is 15.8 Å². The first-order valence-electron chi connectivity index (χ1n) is 9.67. The molecule has 3 aromatic rings. The van der Waals surface area contributed by atoms with Gasteiger partial charge in [-0.3, -0.25) is 4.99 Å². The molecule has 0 saturated carbocycles. The predicted molar refractivity (Wildman–Crippen MR) is 120 cm³/mol. The monoisotopic (exact) mass is 409 g/mol. The molecule has 0 saturated heterocycles. The molecule has 6 heteroatoms. The average Bonchev–Trinajstić information content (AvgIpc) is 2.72. The SMILES string of the molecule is CN=C(NCCc1ccc(S(C)(=O)=O)cc1)NCCc1ccc2ccccc2c1. The molecule has 29 heavy (non-hydrogen) atoms.